The monoisotopic (exact) mass is 393 g/mol. The largest absolute Gasteiger partial charge is 0.457 e. The van der Waals surface area contributed by atoms with Gasteiger partial charge >= 0.3 is 11.9 Å². The summed E-state index contributed by atoms with van der Waals surface area (Å²) in [5, 5.41) is 2.64. The first-order valence-electron chi connectivity index (χ1n) is 8.94. The van der Waals surface area contributed by atoms with Crippen LogP contribution in [0.25, 0.3) is 0 Å². The second kappa shape index (κ2) is 8.68. The highest BCUT2D eigenvalue weighted by Gasteiger charge is 2.53. The summed E-state index contributed by atoms with van der Waals surface area (Å²) in [6.45, 7) is 3.91. The lowest BCUT2D eigenvalue weighted by molar-refractivity contribution is -0.339. The second-order valence-corrected chi connectivity index (χ2v) is 6.63. The molecular weight excluding hydrogens is 370 g/mol. The fourth-order valence-corrected chi connectivity index (χ4v) is 3.34. The van der Waals surface area contributed by atoms with Crippen LogP contribution < -0.4 is 5.32 Å². The molecule has 0 aromatic heterocycles. The van der Waals surface area contributed by atoms with Crippen molar-refractivity contribution in [2.24, 2.45) is 0 Å². The Balaban J connectivity index is 1.88. The van der Waals surface area contributed by atoms with Crippen LogP contribution in [0.1, 0.15) is 32.6 Å². The molecule has 28 heavy (non-hydrogen) atoms. The number of esters is 2. The molecule has 0 radical (unpaired) electrons. The predicted molar refractivity (Wildman–Crippen MR) is 93.6 cm³/mol. The van der Waals surface area contributed by atoms with Crippen molar-refractivity contribution in [3.63, 3.8) is 0 Å². The van der Waals surface area contributed by atoms with Crippen LogP contribution in [-0.4, -0.2) is 55.1 Å². The zero-order valence-corrected chi connectivity index (χ0v) is 15.8. The van der Waals surface area contributed by atoms with Crippen LogP contribution in [0, 0.1) is 0 Å². The normalized spacial score (nSPS) is 32.0. The van der Waals surface area contributed by atoms with Gasteiger partial charge in [0.25, 0.3) is 0 Å². The average molecular weight is 393 g/mol. The maximum absolute atomic E-state index is 11.7. The Bertz CT molecular complexity index is 724. The highest BCUT2D eigenvalue weighted by Crippen LogP contribution is 2.35. The molecule has 0 unspecified atom stereocenters. The van der Waals surface area contributed by atoms with Gasteiger partial charge in [-0.05, 0) is 0 Å². The van der Waals surface area contributed by atoms with Crippen molar-refractivity contribution in [3.05, 3.63) is 35.9 Å². The van der Waals surface area contributed by atoms with E-state index < -0.39 is 54.8 Å². The van der Waals surface area contributed by atoms with Gasteiger partial charge < -0.3 is 29.0 Å². The average Bonchev–Trinajstić information content (AvgIpc) is 2.64. The molecule has 0 bridgehead atoms. The number of nitrogens with one attached hydrogen (secondary N) is 1. The first-order valence-corrected chi connectivity index (χ1v) is 8.94. The lowest BCUT2D eigenvalue weighted by Gasteiger charge is -2.48. The standard InChI is InChI=1S/C19H23NO8/c1-10(21)20-15-17(25-11(2)22)16-14(27-19(15)26-12(3)23)9-24-18(28-16)13-7-5-4-6-8-13/h4-8,14-19H,9H2,1-3H3,(H,20,21)/t14-,15-,16-,17-,18+,19-/m1/s1. The predicted octanol–water partition coefficient (Wildman–Crippen LogP) is 0.825. The summed E-state index contributed by atoms with van der Waals surface area (Å²) in [5.41, 5.74) is 0.792. The van der Waals surface area contributed by atoms with Crippen molar-refractivity contribution >= 4 is 17.8 Å². The van der Waals surface area contributed by atoms with Gasteiger partial charge in [-0.15, -0.1) is 0 Å². The Kier molecular flexibility index (Phi) is 6.28. The Morgan fingerprint density at radius 1 is 1.00 bits per heavy atom. The molecule has 1 amide bonds. The van der Waals surface area contributed by atoms with Crippen LogP contribution in [0.15, 0.2) is 30.3 Å². The third-order valence-electron chi connectivity index (χ3n) is 4.36. The summed E-state index contributed by atoms with van der Waals surface area (Å²) in [4.78, 5) is 34.9. The molecule has 3 rings (SSSR count). The minimum Gasteiger partial charge on any atom is -0.457 e. The van der Waals surface area contributed by atoms with E-state index in [1.807, 2.05) is 30.3 Å². The van der Waals surface area contributed by atoms with E-state index in [9.17, 15) is 14.4 Å². The van der Waals surface area contributed by atoms with Crippen molar-refractivity contribution in [1.82, 2.24) is 5.32 Å². The van der Waals surface area contributed by atoms with E-state index in [1.165, 1.54) is 20.8 Å². The van der Waals surface area contributed by atoms with Crippen LogP contribution in [0.4, 0.5) is 0 Å². The zero-order valence-electron chi connectivity index (χ0n) is 15.8. The summed E-state index contributed by atoms with van der Waals surface area (Å²) in [6, 6.07) is 8.35. The molecule has 2 heterocycles. The van der Waals surface area contributed by atoms with Gasteiger partial charge in [0.15, 0.2) is 12.4 Å². The molecule has 0 saturated carbocycles. The maximum atomic E-state index is 11.7. The number of rotatable bonds is 4. The molecule has 9 nitrogen and oxygen atoms in total. The number of hydrogen-bond acceptors (Lipinski definition) is 8. The van der Waals surface area contributed by atoms with Gasteiger partial charge in [0.05, 0.1) is 6.61 Å². The number of carbonyl (C=O) groups is 3. The van der Waals surface area contributed by atoms with Crippen LogP contribution in [0.5, 0.6) is 0 Å². The number of hydrogen-bond donors (Lipinski definition) is 1. The maximum Gasteiger partial charge on any atom is 0.305 e. The van der Waals surface area contributed by atoms with E-state index in [0.717, 1.165) is 5.56 Å². The topological polar surface area (TPSA) is 109 Å². The van der Waals surface area contributed by atoms with E-state index in [2.05, 4.69) is 5.32 Å². The minimum absolute atomic E-state index is 0.131. The molecule has 152 valence electrons. The molecule has 2 saturated heterocycles. The Morgan fingerprint density at radius 2 is 1.68 bits per heavy atom. The van der Waals surface area contributed by atoms with Crippen LogP contribution >= 0.6 is 0 Å². The summed E-state index contributed by atoms with van der Waals surface area (Å²) in [6.07, 6.45) is -4.15. The first-order chi connectivity index (χ1) is 13.3. The third-order valence-corrected chi connectivity index (χ3v) is 4.36. The van der Waals surface area contributed by atoms with E-state index in [4.69, 9.17) is 23.7 Å². The van der Waals surface area contributed by atoms with Gasteiger partial charge in [0.2, 0.25) is 12.2 Å². The van der Waals surface area contributed by atoms with E-state index in [0.29, 0.717) is 0 Å². The molecule has 1 aromatic rings. The minimum atomic E-state index is -1.15. The Labute approximate surface area is 162 Å². The SMILES string of the molecule is CC(=O)N[C@H]1[C@H](OC(C)=O)O[C@@H]2CO[C@H](c3ccccc3)O[C@H]2[C@@H]1OC(C)=O. The van der Waals surface area contributed by atoms with Crippen molar-refractivity contribution in [2.75, 3.05) is 6.61 Å². The summed E-state index contributed by atoms with van der Waals surface area (Å²) in [5.74, 6) is -1.55. The fourth-order valence-electron chi connectivity index (χ4n) is 3.34. The Morgan fingerprint density at radius 3 is 2.29 bits per heavy atom. The van der Waals surface area contributed by atoms with Crippen LogP contribution in [0.3, 0.4) is 0 Å². The molecule has 6 atom stereocenters. The van der Waals surface area contributed by atoms with Gasteiger partial charge in [-0.25, -0.2) is 0 Å². The smallest absolute Gasteiger partial charge is 0.305 e. The molecule has 1 N–H and O–H groups in total. The van der Waals surface area contributed by atoms with E-state index >= 15 is 0 Å². The van der Waals surface area contributed by atoms with Gasteiger partial charge in [0.1, 0.15) is 18.2 Å². The van der Waals surface area contributed by atoms with E-state index in [-0.39, 0.29) is 6.61 Å². The molecule has 9 heteroatoms. The highest BCUT2D eigenvalue weighted by atomic mass is 16.8. The molecule has 1 aromatic carbocycles. The highest BCUT2D eigenvalue weighted by molar-refractivity contribution is 5.73. The number of ether oxygens (including phenoxy) is 5. The van der Waals surface area contributed by atoms with Gasteiger partial charge in [0, 0.05) is 26.3 Å². The third kappa shape index (κ3) is 4.67. The van der Waals surface area contributed by atoms with Crippen molar-refractivity contribution in [3.8, 4) is 0 Å². The molecular formula is C19H23NO8. The van der Waals surface area contributed by atoms with Gasteiger partial charge in [-0.1, -0.05) is 30.3 Å². The molecule has 2 aliphatic rings. The quantitative estimate of drug-likeness (QED) is 0.749. The summed E-state index contributed by atoms with van der Waals surface area (Å²) in [7, 11) is 0. The fraction of sp³-hybridized carbons (Fsp3) is 0.526. The number of amides is 1. The molecule has 0 aliphatic carbocycles. The van der Waals surface area contributed by atoms with Crippen LogP contribution in [0.2, 0.25) is 0 Å². The molecule has 2 aliphatic heterocycles. The first kappa shape index (κ1) is 20.2. The lowest BCUT2D eigenvalue weighted by Crippen LogP contribution is -2.67. The lowest BCUT2D eigenvalue weighted by atomic mass is 9.95. The summed E-state index contributed by atoms with van der Waals surface area (Å²) < 4.78 is 28.3. The number of fused-ring (bicyclic) bond motifs is 1. The summed E-state index contributed by atoms with van der Waals surface area (Å²) >= 11 is 0. The number of benzene rings is 1. The number of carbonyl (C=O) groups excluding carboxylic acids is 3. The van der Waals surface area contributed by atoms with Crippen molar-refractivity contribution in [1.29, 1.82) is 0 Å². The Hall–Kier alpha value is -2.49. The van der Waals surface area contributed by atoms with Crippen LogP contribution in [-0.2, 0) is 38.1 Å². The zero-order chi connectivity index (χ0) is 20.3. The van der Waals surface area contributed by atoms with Gasteiger partial charge in [-0.2, -0.15) is 0 Å². The van der Waals surface area contributed by atoms with Crippen molar-refractivity contribution in [2.45, 2.75) is 57.7 Å². The molecule has 0 spiro atoms. The van der Waals surface area contributed by atoms with Crippen molar-refractivity contribution < 1.29 is 38.1 Å². The second-order valence-electron chi connectivity index (χ2n) is 6.63. The van der Waals surface area contributed by atoms with E-state index in [1.54, 1.807) is 0 Å². The molecule has 2 fully saturated rings. The van der Waals surface area contributed by atoms with Gasteiger partial charge in [-0.3, -0.25) is 14.4 Å².